The van der Waals surface area contributed by atoms with E-state index in [1.165, 1.54) is 21.8 Å². The number of nitrogen functional groups attached to an aromatic ring is 1. The summed E-state index contributed by atoms with van der Waals surface area (Å²) in [5.74, 6) is -1.27. The summed E-state index contributed by atoms with van der Waals surface area (Å²) in [6, 6.07) is 10.4. The van der Waals surface area contributed by atoms with Crippen molar-refractivity contribution in [2.45, 2.75) is 77.3 Å². The van der Waals surface area contributed by atoms with Gasteiger partial charge in [-0.25, -0.2) is 9.18 Å². The van der Waals surface area contributed by atoms with E-state index in [1.807, 2.05) is 12.1 Å². The number of halogens is 1. The number of carbonyl (C=O) groups is 1. The van der Waals surface area contributed by atoms with Gasteiger partial charge < -0.3 is 26.5 Å². The number of H-pyrrole nitrogens is 1. The van der Waals surface area contributed by atoms with E-state index in [-0.39, 0.29) is 40.1 Å². The number of nitrogens with two attached hydrogens (primary N) is 1. The summed E-state index contributed by atoms with van der Waals surface area (Å²) in [5, 5.41) is 16.1. The standard InChI is InChI=1S/C35H42FN7O4/c1-3-21-15-23(11-8-20(21)2)39-29-18-30(44)43(35(37)41-29)14-5-4-12-42-13-6-7-24(42)19-38-28-17-27-25(16-26(28)36)33(45)31(34(46)47)32(40-27)22-9-10-22/h8,11,15-18,22,24,38-39H,3-7,9-10,12-14,19H2,1-2H3,(H2,37,41)(H,40,45)(H,46,47). The van der Waals surface area contributed by atoms with Crippen LogP contribution in [-0.4, -0.2) is 56.2 Å². The van der Waals surface area contributed by atoms with Crippen LogP contribution in [0.5, 0.6) is 0 Å². The molecule has 0 bridgehead atoms. The lowest BCUT2D eigenvalue weighted by atomic mass is 10.0. The van der Waals surface area contributed by atoms with Gasteiger partial charge in [-0.05, 0) is 100 Å². The maximum atomic E-state index is 15.1. The SMILES string of the molecule is CCc1cc(Nc2cc(=O)n(CCCCN3CCCC3CNc3cc4[nH]c(C5CC5)c(C(=O)O)c(=O)c4cc3F)c(N)n2)ccc1C. The Morgan fingerprint density at radius 1 is 1.13 bits per heavy atom. The Hall–Kier alpha value is -4.71. The van der Waals surface area contributed by atoms with Gasteiger partial charge in [0.05, 0.1) is 11.2 Å². The number of pyridine rings is 1. The minimum atomic E-state index is -1.29. The van der Waals surface area contributed by atoms with Gasteiger partial charge in [-0.2, -0.15) is 4.98 Å². The number of aromatic nitrogens is 3. The van der Waals surface area contributed by atoms with Crippen LogP contribution in [0.25, 0.3) is 10.9 Å². The third-order valence-electron chi connectivity index (χ3n) is 9.46. The topological polar surface area (TPSA) is 158 Å². The molecule has 1 aliphatic heterocycles. The Balaban J connectivity index is 1.04. The molecule has 1 unspecified atom stereocenters. The van der Waals surface area contributed by atoms with Gasteiger partial charge in [0.2, 0.25) is 11.4 Å². The zero-order valence-corrected chi connectivity index (χ0v) is 26.9. The molecule has 0 amide bonds. The number of rotatable bonds is 13. The molecule has 1 saturated carbocycles. The Labute approximate surface area is 272 Å². The van der Waals surface area contributed by atoms with Crippen molar-refractivity contribution in [3.63, 3.8) is 0 Å². The van der Waals surface area contributed by atoms with Crippen molar-refractivity contribution in [1.82, 2.24) is 19.4 Å². The number of carboxylic acids is 1. The summed E-state index contributed by atoms with van der Waals surface area (Å²) in [6.45, 7) is 6.94. The molecule has 2 aliphatic rings. The van der Waals surface area contributed by atoms with Crippen molar-refractivity contribution < 1.29 is 14.3 Å². The molecule has 1 saturated heterocycles. The molecule has 2 aromatic carbocycles. The number of nitrogens with one attached hydrogen (secondary N) is 3. The van der Waals surface area contributed by atoms with Crippen molar-refractivity contribution in [3.05, 3.63) is 85.2 Å². The molecule has 1 atom stereocenters. The lowest BCUT2D eigenvalue weighted by Gasteiger charge is -2.25. The highest BCUT2D eigenvalue weighted by Crippen LogP contribution is 2.40. The van der Waals surface area contributed by atoms with E-state index in [9.17, 15) is 19.5 Å². The van der Waals surface area contributed by atoms with E-state index in [4.69, 9.17) is 5.73 Å². The number of carboxylic acid groups (broad SMARTS) is 1. The zero-order chi connectivity index (χ0) is 33.2. The second kappa shape index (κ2) is 13.6. The number of aryl methyl sites for hydroxylation is 2. The summed E-state index contributed by atoms with van der Waals surface area (Å²) >= 11 is 0. The van der Waals surface area contributed by atoms with E-state index in [1.54, 1.807) is 6.07 Å². The van der Waals surface area contributed by atoms with Gasteiger partial charge in [-0.1, -0.05) is 13.0 Å². The number of aromatic carboxylic acids is 1. The van der Waals surface area contributed by atoms with Gasteiger partial charge in [-0.3, -0.25) is 19.1 Å². The minimum Gasteiger partial charge on any atom is -0.477 e. The molecule has 0 radical (unpaired) electrons. The lowest BCUT2D eigenvalue weighted by molar-refractivity contribution is 0.0694. The molecule has 3 heterocycles. The van der Waals surface area contributed by atoms with Crippen molar-refractivity contribution in [3.8, 4) is 0 Å². The third-order valence-corrected chi connectivity index (χ3v) is 9.46. The first-order valence-electron chi connectivity index (χ1n) is 16.5. The van der Waals surface area contributed by atoms with E-state index in [0.717, 1.165) is 69.8 Å². The van der Waals surface area contributed by atoms with Crippen LogP contribution in [0.2, 0.25) is 0 Å². The van der Waals surface area contributed by atoms with E-state index < -0.39 is 17.2 Å². The number of unbranched alkanes of at least 4 members (excludes halogenated alkanes) is 1. The maximum Gasteiger partial charge on any atom is 0.341 e. The minimum absolute atomic E-state index is 0.0210. The Bertz CT molecular complexity index is 1930. The van der Waals surface area contributed by atoms with Crippen LogP contribution in [0.15, 0.2) is 46.0 Å². The number of hydrogen-bond acceptors (Lipinski definition) is 8. The molecule has 0 spiro atoms. The van der Waals surface area contributed by atoms with Crippen molar-refractivity contribution >= 4 is 40.0 Å². The molecule has 47 heavy (non-hydrogen) atoms. The fraction of sp³-hybridized carbons (Fsp3) is 0.429. The number of fused-ring (bicyclic) bond motifs is 1. The Morgan fingerprint density at radius 2 is 1.91 bits per heavy atom. The van der Waals surface area contributed by atoms with Crippen LogP contribution in [-0.2, 0) is 13.0 Å². The summed E-state index contributed by atoms with van der Waals surface area (Å²) in [6.07, 6.45) is 6.18. The summed E-state index contributed by atoms with van der Waals surface area (Å²) in [5.41, 5.74) is 9.50. The molecule has 11 nitrogen and oxygen atoms in total. The van der Waals surface area contributed by atoms with Crippen LogP contribution in [0.3, 0.4) is 0 Å². The van der Waals surface area contributed by atoms with E-state index in [2.05, 4.69) is 45.4 Å². The summed E-state index contributed by atoms with van der Waals surface area (Å²) in [7, 11) is 0. The molecule has 248 valence electrons. The first-order valence-corrected chi connectivity index (χ1v) is 16.5. The van der Waals surface area contributed by atoms with Crippen LogP contribution < -0.4 is 27.4 Å². The molecular weight excluding hydrogens is 601 g/mol. The van der Waals surface area contributed by atoms with Gasteiger partial charge >= 0.3 is 5.97 Å². The summed E-state index contributed by atoms with van der Waals surface area (Å²) < 4.78 is 16.6. The first-order chi connectivity index (χ1) is 22.6. The maximum absolute atomic E-state index is 15.1. The number of likely N-dealkylation sites (tertiary alicyclic amines) is 1. The molecule has 12 heteroatoms. The number of nitrogens with zero attached hydrogens (tertiary/aromatic N) is 3. The second-order valence-electron chi connectivity index (χ2n) is 12.7. The highest BCUT2D eigenvalue weighted by Gasteiger charge is 2.32. The molecule has 6 rings (SSSR count). The van der Waals surface area contributed by atoms with Gasteiger partial charge in [-0.15, -0.1) is 0 Å². The van der Waals surface area contributed by atoms with E-state index in [0.29, 0.717) is 30.1 Å². The second-order valence-corrected chi connectivity index (χ2v) is 12.7. The molecule has 4 aromatic rings. The smallest absolute Gasteiger partial charge is 0.341 e. The average Bonchev–Trinajstić information content (AvgIpc) is 3.79. The molecular formula is C35H42FN7O4. The number of aromatic amines is 1. The molecule has 1 aliphatic carbocycles. The van der Waals surface area contributed by atoms with Gasteiger partial charge in [0, 0.05) is 47.9 Å². The van der Waals surface area contributed by atoms with Gasteiger partial charge in [0.25, 0.3) is 5.56 Å². The highest BCUT2D eigenvalue weighted by atomic mass is 19.1. The fourth-order valence-corrected chi connectivity index (χ4v) is 6.68. The van der Waals surface area contributed by atoms with Crippen molar-refractivity contribution in [1.29, 1.82) is 0 Å². The van der Waals surface area contributed by atoms with Gasteiger partial charge in [0.1, 0.15) is 17.2 Å². The Kier molecular flexibility index (Phi) is 9.31. The predicted octanol–water partition coefficient (Wildman–Crippen LogP) is 5.35. The molecule has 2 aromatic heterocycles. The molecule has 6 N–H and O–H groups in total. The first kappa shape index (κ1) is 32.2. The van der Waals surface area contributed by atoms with Crippen molar-refractivity contribution in [2.24, 2.45) is 0 Å². The average molecular weight is 644 g/mol. The van der Waals surface area contributed by atoms with Crippen LogP contribution >= 0.6 is 0 Å². The number of hydrogen-bond donors (Lipinski definition) is 5. The van der Waals surface area contributed by atoms with Crippen LogP contribution in [0.1, 0.15) is 78.5 Å². The fourth-order valence-electron chi connectivity index (χ4n) is 6.68. The lowest BCUT2D eigenvalue weighted by Crippen LogP contribution is -2.36. The Morgan fingerprint density at radius 3 is 2.64 bits per heavy atom. The number of anilines is 4. The van der Waals surface area contributed by atoms with E-state index >= 15 is 4.39 Å². The zero-order valence-electron chi connectivity index (χ0n) is 26.9. The summed E-state index contributed by atoms with van der Waals surface area (Å²) in [4.78, 5) is 47.5. The highest BCUT2D eigenvalue weighted by molar-refractivity contribution is 5.95. The normalized spacial score (nSPS) is 16.5. The predicted molar refractivity (Wildman–Crippen MR) is 183 cm³/mol. The largest absolute Gasteiger partial charge is 0.477 e. The molecule has 2 fully saturated rings. The quantitative estimate of drug-likeness (QED) is 0.121. The third kappa shape index (κ3) is 7.02. The van der Waals surface area contributed by atoms with Gasteiger partial charge in [0.15, 0.2) is 0 Å². The van der Waals surface area contributed by atoms with Crippen LogP contribution in [0.4, 0.5) is 27.5 Å². The van der Waals surface area contributed by atoms with Crippen molar-refractivity contribution in [2.75, 3.05) is 36.0 Å². The number of benzene rings is 2. The monoisotopic (exact) mass is 643 g/mol. The van der Waals surface area contributed by atoms with Crippen LogP contribution in [0, 0.1) is 12.7 Å².